The number of nitrogens with one attached hydrogen (secondary N) is 3. The second-order valence-corrected chi connectivity index (χ2v) is 5.91. The number of imidazole rings is 1. The molecule has 1 unspecified atom stereocenters. The van der Waals surface area contributed by atoms with E-state index in [9.17, 15) is 4.79 Å². The molecule has 1 aliphatic heterocycles. The molecule has 5 heteroatoms. The maximum Gasteiger partial charge on any atom is 0.251 e. The minimum atomic E-state index is -0.0201. The van der Waals surface area contributed by atoms with Gasteiger partial charge in [0, 0.05) is 18.7 Å². The number of carbonyl (C=O) groups is 1. The lowest BCUT2D eigenvalue weighted by Gasteiger charge is -2.34. The largest absolute Gasteiger partial charge is 0.351 e. The zero-order valence-electron chi connectivity index (χ0n) is 11.7. The first-order valence-corrected chi connectivity index (χ1v) is 7.08. The Morgan fingerprint density at radius 2 is 2.40 bits per heavy atom. The molecule has 3 rings (SSSR count). The van der Waals surface area contributed by atoms with Gasteiger partial charge < -0.3 is 15.6 Å². The monoisotopic (exact) mass is 272 g/mol. The second kappa shape index (κ2) is 5.25. The van der Waals surface area contributed by atoms with Crippen molar-refractivity contribution in [3.63, 3.8) is 0 Å². The molecule has 0 spiro atoms. The number of rotatable bonds is 3. The summed E-state index contributed by atoms with van der Waals surface area (Å²) < 4.78 is 0. The molecule has 0 saturated carbocycles. The van der Waals surface area contributed by atoms with Gasteiger partial charge >= 0.3 is 0 Å². The maximum atomic E-state index is 12.2. The highest BCUT2D eigenvalue weighted by atomic mass is 16.1. The third kappa shape index (κ3) is 2.67. The van der Waals surface area contributed by atoms with Crippen LogP contribution in [-0.4, -0.2) is 35.5 Å². The van der Waals surface area contributed by atoms with E-state index in [1.54, 1.807) is 6.33 Å². The molecule has 20 heavy (non-hydrogen) atoms. The van der Waals surface area contributed by atoms with Crippen LogP contribution in [0.3, 0.4) is 0 Å². The van der Waals surface area contributed by atoms with Gasteiger partial charge in [-0.05, 0) is 43.0 Å². The number of aromatic amines is 1. The van der Waals surface area contributed by atoms with Gasteiger partial charge in [-0.1, -0.05) is 6.92 Å². The first-order valence-electron chi connectivity index (χ1n) is 7.08. The Morgan fingerprint density at radius 1 is 1.50 bits per heavy atom. The van der Waals surface area contributed by atoms with Crippen LogP contribution in [0.25, 0.3) is 11.0 Å². The summed E-state index contributed by atoms with van der Waals surface area (Å²) in [5.41, 5.74) is 2.61. The molecule has 1 aromatic carbocycles. The number of hydrogen-bond acceptors (Lipinski definition) is 3. The molecule has 1 fully saturated rings. The van der Waals surface area contributed by atoms with Crippen LogP contribution in [0.5, 0.6) is 0 Å². The molecule has 0 radical (unpaired) electrons. The Kier molecular flexibility index (Phi) is 3.44. The van der Waals surface area contributed by atoms with Crippen molar-refractivity contribution in [1.82, 2.24) is 20.6 Å². The van der Waals surface area contributed by atoms with E-state index >= 15 is 0 Å². The number of aromatic nitrogens is 2. The van der Waals surface area contributed by atoms with E-state index in [4.69, 9.17) is 0 Å². The van der Waals surface area contributed by atoms with Crippen molar-refractivity contribution in [1.29, 1.82) is 0 Å². The highest BCUT2D eigenvalue weighted by molar-refractivity contribution is 5.97. The quantitative estimate of drug-likeness (QED) is 0.796. The van der Waals surface area contributed by atoms with E-state index < -0.39 is 0 Å². The van der Waals surface area contributed by atoms with Crippen LogP contribution in [0, 0.1) is 5.41 Å². The fraction of sp³-hybridized carbons (Fsp3) is 0.467. The number of fused-ring (bicyclic) bond motifs is 1. The van der Waals surface area contributed by atoms with Crippen molar-refractivity contribution in [2.45, 2.75) is 19.8 Å². The molecule has 5 nitrogen and oxygen atoms in total. The maximum absolute atomic E-state index is 12.2. The van der Waals surface area contributed by atoms with Crippen molar-refractivity contribution in [3.8, 4) is 0 Å². The van der Waals surface area contributed by atoms with Gasteiger partial charge in [0.25, 0.3) is 5.91 Å². The predicted molar refractivity (Wildman–Crippen MR) is 78.6 cm³/mol. The topological polar surface area (TPSA) is 69.8 Å². The third-order valence-corrected chi connectivity index (χ3v) is 4.04. The number of carbonyl (C=O) groups excluding carboxylic acids is 1. The lowest BCUT2D eigenvalue weighted by atomic mass is 9.83. The summed E-state index contributed by atoms with van der Waals surface area (Å²) in [6.45, 7) is 4.98. The predicted octanol–water partition coefficient (Wildman–Crippen LogP) is 1.68. The van der Waals surface area contributed by atoms with Crippen LogP contribution in [-0.2, 0) is 0 Å². The van der Waals surface area contributed by atoms with E-state index in [0.717, 1.165) is 30.5 Å². The molecule has 2 heterocycles. The number of amides is 1. The first-order chi connectivity index (χ1) is 9.66. The number of H-pyrrole nitrogens is 1. The lowest BCUT2D eigenvalue weighted by Crippen LogP contribution is -2.45. The Morgan fingerprint density at radius 3 is 3.20 bits per heavy atom. The van der Waals surface area contributed by atoms with Crippen molar-refractivity contribution < 1.29 is 4.79 Å². The van der Waals surface area contributed by atoms with E-state index in [0.29, 0.717) is 12.1 Å². The van der Waals surface area contributed by atoms with Crippen LogP contribution in [0.2, 0.25) is 0 Å². The average molecular weight is 272 g/mol. The SMILES string of the molecule is CC1(CNC(=O)c2ccc3nc[nH]c3c2)CCCNC1. The second-order valence-electron chi connectivity index (χ2n) is 5.91. The van der Waals surface area contributed by atoms with Gasteiger partial charge in [0.15, 0.2) is 0 Å². The summed E-state index contributed by atoms with van der Waals surface area (Å²) in [5.74, 6) is -0.0201. The van der Waals surface area contributed by atoms with Crippen molar-refractivity contribution in [2.75, 3.05) is 19.6 Å². The van der Waals surface area contributed by atoms with Gasteiger partial charge in [-0.15, -0.1) is 0 Å². The number of piperidine rings is 1. The minimum Gasteiger partial charge on any atom is -0.351 e. The standard InChI is InChI=1S/C15H20N4O/c1-15(5-2-6-16-8-15)9-17-14(20)11-3-4-12-13(7-11)19-10-18-12/h3-4,7,10,16H,2,5-6,8-9H2,1H3,(H,17,20)(H,18,19). The van der Waals surface area contributed by atoms with Crippen LogP contribution in [0.4, 0.5) is 0 Å². The van der Waals surface area contributed by atoms with Gasteiger partial charge in [-0.25, -0.2) is 4.98 Å². The van der Waals surface area contributed by atoms with Crippen molar-refractivity contribution >= 4 is 16.9 Å². The molecule has 0 aliphatic carbocycles. The van der Waals surface area contributed by atoms with Crippen LogP contribution < -0.4 is 10.6 Å². The number of hydrogen-bond donors (Lipinski definition) is 3. The summed E-state index contributed by atoms with van der Waals surface area (Å²) in [5, 5.41) is 6.45. The van der Waals surface area contributed by atoms with Crippen LogP contribution >= 0.6 is 0 Å². The van der Waals surface area contributed by atoms with E-state index in [1.807, 2.05) is 18.2 Å². The van der Waals surface area contributed by atoms with Gasteiger partial charge in [0.05, 0.1) is 17.4 Å². The van der Waals surface area contributed by atoms with Crippen molar-refractivity contribution in [3.05, 3.63) is 30.1 Å². The average Bonchev–Trinajstić information content (AvgIpc) is 2.93. The highest BCUT2D eigenvalue weighted by Gasteiger charge is 2.27. The summed E-state index contributed by atoms with van der Waals surface area (Å²) in [4.78, 5) is 19.4. The number of nitrogens with zero attached hydrogens (tertiary/aromatic N) is 1. The zero-order chi connectivity index (χ0) is 14.0. The summed E-state index contributed by atoms with van der Waals surface area (Å²) in [7, 11) is 0. The molecule has 0 bridgehead atoms. The highest BCUT2D eigenvalue weighted by Crippen LogP contribution is 2.24. The summed E-state index contributed by atoms with van der Waals surface area (Å²) in [6, 6.07) is 5.53. The molecule has 3 N–H and O–H groups in total. The Labute approximate surface area is 118 Å². The van der Waals surface area contributed by atoms with Crippen molar-refractivity contribution in [2.24, 2.45) is 5.41 Å². The van der Waals surface area contributed by atoms with E-state index in [-0.39, 0.29) is 11.3 Å². The Bertz CT molecular complexity index is 613. The molecule has 1 aromatic heterocycles. The third-order valence-electron chi connectivity index (χ3n) is 4.04. The molecule has 106 valence electrons. The van der Waals surface area contributed by atoms with E-state index in [1.165, 1.54) is 6.42 Å². The first kappa shape index (κ1) is 13.1. The zero-order valence-corrected chi connectivity index (χ0v) is 11.7. The molecule has 2 aromatic rings. The van der Waals surface area contributed by atoms with E-state index in [2.05, 4.69) is 27.5 Å². The Balaban J connectivity index is 1.66. The lowest BCUT2D eigenvalue weighted by molar-refractivity contribution is 0.0925. The number of benzene rings is 1. The van der Waals surface area contributed by atoms with Gasteiger partial charge in [-0.2, -0.15) is 0 Å². The molecular weight excluding hydrogens is 252 g/mol. The van der Waals surface area contributed by atoms with Gasteiger partial charge in [0.1, 0.15) is 0 Å². The molecule has 1 atom stereocenters. The summed E-state index contributed by atoms with van der Waals surface area (Å²) in [6.07, 6.45) is 3.97. The molecule has 1 saturated heterocycles. The molecule has 1 aliphatic rings. The summed E-state index contributed by atoms with van der Waals surface area (Å²) >= 11 is 0. The van der Waals surface area contributed by atoms with Crippen LogP contribution in [0.1, 0.15) is 30.1 Å². The van der Waals surface area contributed by atoms with Crippen LogP contribution in [0.15, 0.2) is 24.5 Å². The van der Waals surface area contributed by atoms with Gasteiger partial charge in [0.2, 0.25) is 0 Å². The normalized spacial score (nSPS) is 22.9. The Hall–Kier alpha value is -1.88. The fourth-order valence-electron chi connectivity index (χ4n) is 2.74. The molecule has 1 amide bonds. The van der Waals surface area contributed by atoms with Gasteiger partial charge in [-0.3, -0.25) is 4.79 Å². The smallest absolute Gasteiger partial charge is 0.251 e. The fourth-order valence-corrected chi connectivity index (χ4v) is 2.74. The molecular formula is C15H20N4O. The minimum absolute atomic E-state index is 0.0201.